The maximum absolute atomic E-state index is 12.2. The highest BCUT2D eigenvalue weighted by Crippen LogP contribution is 2.38. The molecule has 0 fully saturated rings. The lowest BCUT2D eigenvalue weighted by molar-refractivity contribution is -0.385. The maximum atomic E-state index is 12.2. The van der Waals surface area contributed by atoms with Crippen LogP contribution in [0.25, 0.3) is 0 Å². The minimum atomic E-state index is -0.413. The third kappa shape index (κ3) is 2.96. The Hall–Kier alpha value is -3.42. The number of rotatable bonds is 2. The van der Waals surface area contributed by atoms with Crippen LogP contribution in [0.4, 0.5) is 5.69 Å². The number of nitrogens with zero attached hydrogens (tertiary/aromatic N) is 3. The van der Waals surface area contributed by atoms with E-state index in [1.54, 1.807) is 19.1 Å². The molecule has 0 aliphatic carbocycles. The Balaban J connectivity index is 1.92. The molecule has 0 N–H and O–H groups in total. The predicted molar refractivity (Wildman–Crippen MR) is 102 cm³/mol. The standard InChI is InChI=1S/C20H19N3O5/c1-11-6-14(4-5-17(11)23(25)26)20-16-9-19-18(27-10-28-19)8-15(16)7-12(2)22(21-20)13(3)24/h4-6,8-9,12H,7,10H2,1-3H3/t12-/m0/s1. The molecule has 28 heavy (non-hydrogen) atoms. The van der Waals surface area contributed by atoms with Crippen molar-refractivity contribution in [3.05, 3.63) is 62.7 Å². The zero-order valence-corrected chi connectivity index (χ0v) is 15.8. The van der Waals surface area contributed by atoms with Crippen molar-refractivity contribution >= 4 is 17.3 Å². The van der Waals surface area contributed by atoms with Gasteiger partial charge in [0.25, 0.3) is 5.69 Å². The first kappa shape index (κ1) is 18.0. The molecule has 2 aliphatic heterocycles. The molecule has 0 bridgehead atoms. The van der Waals surface area contributed by atoms with Crippen molar-refractivity contribution in [1.29, 1.82) is 0 Å². The SMILES string of the molecule is CC(=O)N1N=C(c2ccc([N+](=O)[O-])c(C)c2)c2cc3c(cc2C[C@@H]1C)OCO3. The van der Waals surface area contributed by atoms with Crippen molar-refractivity contribution in [2.75, 3.05) is 6.79 Å². The van der Waals surface area contributed by atoms with E-state index in [1.165, 1.54) is 18.0 Å². The number of carbonyl (C=O) groups excluding carboxylic acids is 1. The van der Waals surface area contributed by atoms with Crippen molar-refractivity contribution in [2.24, 2.45) is 5.10 Å². The van der Waals surface area contributed by atoms with E-state index >= 15 is 0 Å². The summed E-state index contributed by atoms with van der Waals surface area (Å²) in [6.45, 7) is 5.26. The van der Waals surface area contributed by atoms with Gasteiger partial charge in [-0.2, -0.15) is 5.10 Å². The lowest BCUT2D eigenvalue weighted by Crippen LogP contribution is -2.33. The molecule has 2 heterocycles. The fourth-order valence-electron chi connectivity index (χ4n) is 3.64. The topological polar surface area (TPSA) is 94.3 Å². The van der Waals surface area contributed by atoms with Crippen molar-refractivity contribution in [2.45, 2.75) is 33.2 Å². The molecule has 1 amide bonds. The highest BCUT2D eigenvalue weighted by atomic mass is 16.7. The number of hydrazone groups is 1. The number of nitro benzene ring substituents is 1. The van der Waals surface area contributed by atoms with E-state index in [-0.39, 0.29) is 24.4 Å². The Morgan fingerprint density at radius 2 is 1.96 bits per heavy atom. The zero-order chi connectivity index (χ0) is 20.0. The Kier molecular flexibility index (Phi) is 4.26. The number of carbonyl (C=O) groups is 1. The number of fused-ring (bicyclic) bond motifs is 2. The Morgan fingerprint density at radius 1 is 1.25 bits per heavy atom. The van der Waals surface area contributed by atoms with Crippen LogP contribution in [-0.4, -0.2) is 34.4 Å². The van der Waals surface area contributed by atoms with Crippen LogP contribution in [0.5, 0.6) is 11.5 Å². The van der Waals surface area contributed by atoms with Crippen LogP contribution in [-0.2, 0) is 11.2 Å². The predicted octanol–water partition coefficient (Wildman–Crippen LogP) is 3.18. The van der Waals surface area contributed by atoms with E-state index in [9.17, 15) is 14.9 Å². The molecule has 8 heteroatoms. The summed E-state index contributed by atoms with van der Waals surface area (Å²) in [6, 6.07) is 8.49. The van der Waals surface area contributed by atoms with E-state index in [2.05, 4.69) is 5.10 Å². The summed E-state index contributed by atoms with van der Waals surface area (Å²) in [5, 5.41) is 17.3. The van der Waals surface area contributed by atoms with Crippen LogP contribution in [0.1, 0.15) is 36.1 Å². The number of nitro groups is 1. The van der Waals surface area contributed by atoms with Gasteiger partial charge in [0.05, 0.1) is 16.7 Å². The second-order valence-corrected chi connectivity index (χ2v) is 6.99. The molecule has 2 aromatic carbocycles. The van der Waals surface area contributed by atoms with Gasteiger partial charge >= 0.3 is 0 Å². The van der Waals surface area contributed by atoms with Gasteiger partial charge in [0.2, 0.25) is 12.7 Å². The summed E-state index contributed by atoms with van der Waals surface area (Å²) >= 11 is 0. The summed E-state index contributed by atoms with van der Waals surface area (Å²) in [6.07, 6.45) is 0.602. The van der Waals surface area contributed by atoms with E-state index in [1.807, 2.05) is 19.1 Å². The second kappa shape index (κ2) is 6.63. The number of hydrogen-bond acceptors (Lipinski definition) is 6. The van der Waals surface area contributed by atoms with Crippen LogP contribution < -0.4 is 9.47 Å². The van der Waals surface area contributed by atoms with E-state index in [4.69, 9.17) is 9.47 Å². The smallest absolute Gasteiger partial charge is 0.272 e. The number of benzene rings is 2. The Bertz CT molecular complexity index is 1030. The molecule has 1 atom stereocenters. The first-order valence-corrected chi connectivity index (χ1v) is 8.92. The first-order chi connectivity index (χ1) is 13.3. The number of ether oxygens (including phenoxy) is 2. The summed E-state index contributed by atoms with van der Waals surface area (Å²) < 4.78 is 11.0. The minimum Gasteiger partial charge on any atom is -0.454 e. The highest BCUT2D eigenvalue weighted by Gasteiger charge is 2.29. The number of amides is 1. The van der Waals surface area contributed by atoms with Gasteiger partial charge in [-0.05, 0) is 50.1 Å². The molecule has 0 unspecified atom stereocenters. The van der Waals surface area contributed by atoms with Crippen molar-refractivity contribution < 1.29 is 19.2 Å². The molecule has 2 aromatic rings. The quantitative estimate of drug-likeness (QED) is 0.588. The average Bonchev–Trinajstić information content (AvgIpc) is 3.02. The maximum Gasteiger partial charge on any atom is 0.272 e. The molecular formula is C20H19N3O5. The van der Waals surface area contributed by atoms with Gasteiger partial charge in [-0.25, -0.2) is 5.01 Å². The fraction of sp³-hybridized carbons (Fsp3) is 0.300. The van der Waals surface area contributed by atoms with Crippen LogP contribution in [0.2, 0.25) is 0 Å². The molecule has 0 aromatic heterocycles. The van der Waals surface area contributed by atoms with Gasteiger partial charge in [0.15, 0.2) is 11.5 Å². The van der Waals surface area contributed by atoms with Crippen LogP contribution >= 0.6 is 0 Å². The molecule has 4 rings (SSSR count). The van der Waals surface area contributed by atoms with Crippen molar-refractivity contribution in [1.82, 2.24) is 5.01 Å². The zero-order valence-electron chi connectivity index (χ0n) is 15.8. The van der Waals surface area contributed by atoms with Crippen LogP contribution in [0.3, 0.4) is 0 Å². The molecular weight excluding hydrogens is 362 g/mol. The fourth-order valence-corrected chi connectivity index (χ4v) is 3.64. The van der Waals surface area contributed by atoms with Crippen LogP contribution in [0.15, 0.2) is 35.4 Å². The molecule has 8 nitrogen and oxygen atoms in total. The lowest BCUT2D eigenvalue weighted by Gasteiger charge is -2.21. The van der Waals surface area contributed by atoms with E-state index in [0.29, 0.717) is 34.8 Å². The molecule has 2 aliphatic rings. The lowest BCUT2D eigenvalue weighted by atomic mass is 9.93. The van der Waals surface area contributed by atoms with Gasteiger partial charge in [0, 0.05) is 29.7 Å². The highest BCUT2D eigenvalue weighted by molar-refractivity contribution is 6.14. The number of aryl methyl sites for hydroxylation is 1. The number of hydrogen-bond donors (Lipinski definition) is 0. The molecule has 0 saturated carbocycles. The summed E-state index contributed by atoms with van der Waals surface area (Å²) in [4.78, 5) is 22.9. The third-order valence-corrected chi connectivity index (χ3v) is 4.98. The van der Waals surface area contributed by atoms with Crippen molar-refractivity contribution in [3.63, 3.8) is 0 Å². The average molecular weight is 381 g/mol. The molecule has 0 radical (unpaired) electrons. The van der Waals surface area contributed by atoms with Gasteiger partial charge in [-0.1, -0.05) is 0 Å². The van der Waals surface area contributed by atoms with Gasteiger partial charge < -0.3 is 9.47 Å². The van der Waals surface area contributed by atoms with E-state index < -0.39 is 4.92 Å². The summed E-state index contributed by atoms with van der Waals surface area (Å²) in [5.41, 5.74) is 3.65. The normalized spacial score (nSPS) is 17.6. The molecule has 0 spiro atoms. The van der Waals surface area contributed by atoms with E-state index in [0.717, 1.165) is 11.1 Å². The minimum absolute atomic E-state index is 0.0423. The first-order valence-electron chi connectivity index (χ1n) is 8.92. The third-order valence-electron chi connectivity index (χ3n) is 4.98. The monoisotopic (exact) mass is 381 g/mol. The van der Waals surface area contributed by atoms with Crippen LogP contribution in [0, 0.1) is 17.0 Å². The Labute approximate surface area is 161 Å². The molecule has 0 saturated heterocycles. The largest absolute Gasteiger partial charge is 0.454 e. The summed E-state index contributed by atoms with van der Waals surface area (Å²) in [7, 11) is 0. The second-order valence-electron chi connectivity index (χ2n) is 6.99. The Morgan fingerprint density at radius 3 is 2.61 bits per heavy atom. The molecule has 144 valence electrons. The summed E-state index contributed by atoms with van der Waals surface area (Å²) in [5.74, 6) is 1.12. The van der Waals surface area contributed by atoms with Gasteiger partial charge in [0.1, 0.15) is 0 Å². The van der Waals surface area contributed by atoms with Crippen molar-refractivity contribution in [3.8, 4) is 11.5 Å². The van der Waals surface area contributed by atoms with Gasteiger partial charge in [-0.3, -0.25) is 14.9 Å². The van der Waals surface area contributed by atoms with Gasteiger partial charge in [-0.15, -0.1) is 0 Å².